The lowest BCUT2D eigenvalue weighted by Gasteiger charge is -2.09. The third-order valence-electron chi connectivity index (χ3n) is 2.56. The van der Waals surface area contributed by atoms with Crippen molar-refractivity contribution >= 4 is 23.4 Å². The van der Waals surface area contributed by atoms with Gasteiger partial charge in [-0.15, -0.1) is 22.0 Å². The number of rotatable bonds is 6. The zero-order chi connectivity index (χ0) is 15.4. The van der Waals surface area contributed by atoms with Crippen LogP contribution in [0, 0.1) is 10.1 Å². The van der Waals surface area contributed by atoms with E-state index in [1.807, 2.05) is 0 Å². The molecule has 0 fully saturated rings. The number of carboxylic acid groups (broad SMARTS) is 1. The predicted octanol–water partition coefficient (Wildman–Crippen LogP) is 1.02. The van der Waals surface area contributed by atoms with Crippen LogP contribution in [-0.4, -0.2) is 26.3 Å². The summed E-state index contributed by atoms with van der Waals surface area (Å²) in [4.78, 5) is 20.8. The van der Waals surface area contributed by atoms with Crippen LogP contribution in [0.15, 0.2) is 28.7 Å². The minimum Gasteiger partial charge on any atom is -0.549 e. The van der Waals surface area contributed by atoms with Gasteiger partial charge in [0.25, 0.3) is 5.69 Å². The first kappa shape index (κ1) is 15.0. The van der Waals surface area contributed by atoms with Gasteiger partial charge in [-0.3, -0.25) is 10.1 Å². The fourth-order valence-corrected chi connectivity index (χ4v) is 2.09. The van der Waals surface area contributed by atoms with E-state index in [1.165, 1.54) is 25.1 Å². The van der Waals surface area contributed by atoms with E-state index in [-0.39, 0.29) is 23.2 Å². The summed E-state index contributed by atoms with van der Waals surface area (Å²) < 4.78 is 5.36. The quantitative estimate of drug-likeness (QED) is 0.572. The molecule has 8 nitrogen and oxygen atoms in total. The summed E-state index contributed by atoms with van der Waals surface area (Å²) in [5.74, 6) is -0.555. The van der Waals surface area contributed by atoms with Crippen molar-refractivity contribution in [1.82, 2.24) is 10.2 Å². The predicted molar refractivity (Wildman–Crippen MR) is 72.2 cm³/mol. The molecule has 0 aliphatic carbocycles. The molecule has 0 spiro atoms. The largest absolute Gasteiger partial charge is 0.549 e. The maximum absolute atomic E-state index is 10.7. The van der Waals surface area contributed by atoms with Crippen molar-refractivity contribution < 1.29 is 19.2 Å². The smallest absolute Gasteiger partial charge is 0.270 e. The first-order valence-corrected chi connectivity index (χ1v) is 6.92. The summed E-state index contributed by atoms with van der Waals surface area (Å²) >= 11 is 1.09. The normalized spacial score (nSPS) is 12.0. The van der Waals surface area contributed by atoms with Gasteiger partial charge in [0.2, 0.25) is 11.8 Å². The zero-order valence-corrected chi connectivity index (χ0v) is 11.7. The summed E-state index contributed by atoms with van der Waals surface area (Å²) in [5, 5.41) is 28.2. The maximum atomic E-state index is 10.7. The minimum atomic E-state index is -1.17. The lowest BCUT2D eigenvalue weighted by atomic mass is 10.2. The molecule has 0 saturated carbocycles. The van der Waals surface area contributed by atoms with Crippen molar-refractivity contribution in [3.05, 3.63) is 40.3 Å². The molecule has 2 rings (SSSR count). The molecule has 1 aromatic carbocycles. The van der Waals surface area contributed by atoms with Crippen molar-refractivity contribution in [2.75, 3.05) is 0 Å². The van der Waals surface area contributed by atoms with E-state index < -0.39 is 16.1 Å². The number of benzene rings is 1. The number of carbonyl (C=O) groups is 1. The molecule has 2 aromatic rings. The van der Waals surface area contributed by atoms with Gasteiger partial charge < -0.3 is 14.3 Å². The molecule has 0 amide bonds. The first-order valence-electron chi connectivity index (χ1n) is 5.87. The second-order valence-electron chi connectivity index (χ2n) is 4.08. The van der Waals surface area contributed by atoms with E-state index in [9.17, 15) is 20.0 Å². The number of thioether (sulfide) groups is 1. The molecule has 21 heavy (non-hydrogen) atoms. The number of carboxylic acids is 1. The molecule has 0 N–H and O–H groups in total. The highest BCUT2D eigenvalue weighted by molar-refractivity contribution is 7.99. The molecule has 110 valence electrons. The van der Waals surface area contributed by atoms with Crippen molar-refractivity contribution in [1.29, 1.82) is 0 Å². The Kier molecular flexibility index (Phi) is 4.53. The van der Waals surface area contributed by atoms with Gasteiger partial charge in [0, 0.05) is 22.9 Å². The van der Waals surface area contributed by atoms with Crippen LogP contribution < -0.4 is 5.11 Å². The Hall–Kier alpha value is -2.42. The molecule has 0 aliphatic heterocycles. The fraction of sp³-hybridized carbons (Fsp3) is 0.250. The molecule has 9 heteroatoms. The lowest BCUT2D eigenvalue weighted by Crippen LogP contribution is -2.31. The number of nitro benzene ring substituents is 1. The third-order valence-corrected chi connectivity index (χ3v) is 3.67. The van der Waals surface area contributed by atoms with Crippen LogP contribution in [0.4, 0.5) is 5.69 Å². The van der Waals surface area contributed by atoms with Crippen LogP contribution in [-0.2, 0) is 10.5 Å². The number of hydrogen-bond donors (Lipinski definition) is 0. The summed E-state index contributed by atoms with van der Waals surface area (Å²) in [5.41, 5.74) is 0.355. The molecule has 0 aliphatic rings. The van der Waals surface area contributed by atoms with Crippen LogP contribution >= 0.6 is 11.8 Å². The number of hydrogen-bond acceptors (Lipinski definition) is 8. The van der Waals surface area contributed by atoms with E-state index in [2.05, 4.69) is 10.2 Å². The van der Waals surface area contributed by atoms with Gasteiger partial charge in [-0.25, -0.2) is 0 Å². The average molecular weight is 308 g/mol. The van der Waals surface area contributed by atoms with Crippen LogP contribution in [0.5, 0.6) is 0 Å². The van der Waals surface area contributed by atoms with Gasteiger partial charge in [0.15, 0.2) is 0 Å². The number of non-ortho nitro benzene ring substituents is 1. The van der Waals surface area contributed by atoms with Crippen molar-refractivity contribution in [3.63, 3.8) is 0 Å². The molecule has 0 radical (unpaired) electrons. The van der Waals surface area contributed by atoms with E-state index >= 15 is 0 Å². The standard InChI is InChI=1S/C12H11N3O5S/c1-7(12(16)17)21-6-10-13-14-11(20-10)8-3-2-4-9(5-8)15(18)19/h2-5,7H,6H2,1H3,(H,16,17)/p-1/t7-/m1/s1. The van der Waals surface area contributed by atoms with E-state index in [0.717, 1.165) is 11.8 Å². The Labute approximate surface area is 123 Å². The first-order chi connectivity index (χ1) is 9.97. The van der Waals surface area contributed by atoms with E-state index in [0.29, 0.717) is 5.56 Å². The topological polar surface area (TPSA) is 122 Å². The van der Waals surface area contributed by atoms with Gasteiger partial charge in [-0.2, -0.15) is 0 Å². The molecule has 1 heterocycles. The average Bonchev–Trinajstić information content (AvgIpc) is 2.93. The SMILES string of the molecule is C[C@@H](SCc1nnc(-c2cccc([N+](=O)[O-])c2)o1)C(=O)[O-]. The summed E-state index contributed by atoms with van der Waals surface area (Å²) in [6, 6.07) is 5.82. The van der Waals surface area contributed by atoms with E-state index in [1.54, 1.807) is 6.07 Å². The zero-order valence-electron chi connectivity index (χ0n) is 10.9. The fourth-order valence-electron chi connectivity index (χ4n) is 1.45. The molecule has 1 aromatic heterocycles. The number of nitrogens with zero attached hydrogens (tertiary/aromatic N) is 3. The number of aliphatic carboxylic acids is 1. The van der Waals surface area contributed by atoms with Crippen molar-refractivity contribution in [2.45, 2.75) is 17.9 Å². The Morgan fingerprint density at radius 2 is 2.24 bits per heavy atom. The monoisotopic (exact) mass is 308 g/mol. The second-order valence-corrected chi connectivity index (χ2v) is 5.41. The molecule has 1 atom stereocenters. The highest BCUT2D eigenvalue weighted by Gasteiger charge is 2.13. The summed E-state index contributed by atoms with van der Waals surface area (Å²) in [6.45, 7) is 1.50. The maximum Gasteiger partial charge on any atom is 0.270 e. The van der Waals surface area contributed by atoms with Crippen LogP contribution in [0.1, 0.15) is 12.8 Å². The van der Waals surface area contributed by atoms with Crippen LogP contribution in [0.2, 0.25) is 0 Å². The van der Waals surface area contributed by atoms with Gasteiger partial charge in [-0.05, 0) is 13.0 Å². The molecule has 0 saturated heterocycles. The number of aromatic nitrogens is 2. The summed E-state index contributed by atoms with van der Waals surface area (Å²) in [6.07, 6.45) is 0. The van der Waals surface area contributed by atoms with Crippen LogP contribution in [0.25, 0.3) is 11.5 Å². The Balaban J connectivity index is 2.11. The molecular weight excluding hydrogens is 298 g/mol. The van der Waals surface area contributed by atoms with E-state index in [4.69, 9.17) is 4.42 Å². The Morgan fingerprint density at radius 1 is 1.48 bits per heavy atom. The number of carbonyl (C=O) groups excluding carboxylic acids is 1. The van der Waals surface area contributed by atoms with Crippen molar-refractivity contribution in [3.8, 4) is 11.5 Å². The second kappa shape index (κ2) is 6.35. The summed E-state index contributed by atoms with van der Waals surface area (Å²) in [7, 11) is 0. The van der Waals surface area contributed by atoms with Gasteiger partial charge in [-0.1, -0.05) is 6.07 Å². The van der Waals surface area contributed by atoms with Gasteiger partial charge in [0.05, 0.1) is 16.6 Å². The lowest BCUT2D eigenvalue weighted by molar-refractivity contribution is -0.384. The van der Waals surface area contributed by atoms with Crippen LogP contribution in [0.3, 0.4) is 0 Å². The van der Waals surface area contributed by atoms with Crippen molar-refractivity contribution in [2.24, 2.45) is 0 Å². The highest BCUT2D eigenvalue weighted by atomic mass is 32.2. The Bertz CT molecular complexity index is 672. The third kappa shape index (κ3) is 3.78. The minimum absolute atomic E-state index is 0.0767. The van der Waals surface area contributed by atoms with Gasteiger partial charge >= 0.3 is 0 Å². The highest BCUT2D eigenvalue weighted by Crippen LogP contribution is 2.24. The Morgan fingerprint density at radius 3 is 2.90 bits per heavy atom. The molecular formula is C12H10N3O5S-. The molecule has 0 unspecified atom stereocenters. The van der Waals surface area contributed by atoms with Gasteiger partial charge in [0.1, 0.15) is 0 Å². The number of nitro groups is 1. The molecule has 0 bridgehead atoms.